The third-order valence-corrected chi connectivity index (χ3v) is 3.36. The molecule has 2 aliphatic heterocycles. The van der Waals surface area contributed by atoms with E-state index in [2.05, 4.69) is 11.8 Å². The minimum Gasteiger partial charge on any atom is -0.375 e. The molecular formula is C7H12OS. The Bertz CT molecular complexity index is 101. The van der Waals surface area contributed by atoms with Gasteiger partial charge in [0.2, 0.25) is 0 Å². The molecule has 0 aliphatic carbocycles. The molecule has 1 spiro atoms. The topological polar surface area (TPSA) is 9.23 Å². The quantitative estimate of drug-likeness (QED) is 0.511. The summed E-state index contributed by atoms with van der Waals surface area (Å²) in [6.45, 7) is 1.02. The Morgan fingerprint density at radius 3 is 2.11 bits per heavy atom. The molecule has 0 radical (unpaired) electrons. The maximum absolute atomic E-state index is 5.55. The molecule has 2 fully saturated rings. The first-order valence-corrected chi connectivity index (χ1v) is 4.79. The first kappa shape index (κ1) is 6.05. The molecule has 2 heterocycles. The molecule has 2 saturated heterocycles. The van der Waals surface area contributed by atoms with Gasteiger partial charge in [-0.15, -0.1) is 0 Å². The number of thioether (sulfide) groups is 1. The second-order valence-electron chi connectivity index (χ2n) is 2.89. The molecule has 9 heavy (non-hydrogen) atoms. The number of rotatable bonds is 0. The van der Waals surface area contributed by atoms with Crippen LogP contribution in [0, 0.1) is 0 Å². The van der Waals surface area contributed by atoms with Crippen LogP contribution in [0.1, 0.15) is 19.3 Å². The van der Waals surface area contributed by atoms with Crippen molar-refractivity contribution in [3.8, 4) is 0 Å². The second-order valence-corrected chi connectivity index (χ2v) is 4.12. The number of hydrogen-bond acceptors (Lipinski definition) is 2. The standard InChI is InChI=1S/C7H12OS/c1-4-8-7(1)2-5-9-6-3-7/h1-6H2. The molecule has 0 aromatic carbocycles. The summed E-state index contributed by atoms with van der Waals surface area (Å²) in [5.41, 5.74) is 0.380. The fourth-order valence-electron chi connectivity index (χ4n) is 1.53. The zero-order valence-electron chi connectivity index (χ0n) is 5.56. The van der Waals surface area contributed by atoms with Crippen LogP contribution in [0.15, 0.2) is 0 Å². The van der Waals surface area contributed by atoms with E-state index in [-0.39, 0.29) is 0 Å². The van der Waals surface area contributed by atoms with Crippen LogP contribution in [0.2, 0.25) is 0 Å². The van der Waals surface area contributed by atoms with Gasteiger partial charge in [0.05, 0.1) is 12.2 Å². The molecule has 0 bridgehead atoms. The van der Waals surface area contributed by atoms with E-state index in [4.69, 9.17) is 4.74 Å². The van der Waals surface area contributed by atoms with Crippen LogP contribution in [0.25, 0.3) is 0 Å². The lowest BCUT2D eigenvalue weighted by Gasteiger charge is -2.44. The Labute approximate surface area is 60.2 Å². The van der Waals surface area contributed by atoms with Gasteiger partial charge in [-0.1, -0.05) is 0 Å². The van der Waals surface area contributed by atoms with E-state index in [1.165, 1.54) is 30.8 Å². The molecule has 0 saturated carbocycles. The summed E-state index contributed by atoms with van der Waals surface area (Å²) in [6.07, 6.45) is 3.93. The van der Waals surface area contributed by atoms with Gasteiger partial charge in [-0.2, -0.15) is 11.8 Å². The molecule has 2 heteroatoms. The van der Waals surface area contributed by atoms with E-state index >= 15 is 0 Å². The maximum atomic E-state index is 5.55. The van der Waals surface area contributed by atoms with Gasteiger partial charge >= 0.3 is 0 Å². The highest BCUT2D eigenvalue weighted by atomic mass is 32.2. The van der Waals surface area contributed by atoms with Crippen molar-refractivity contribution < 1.29 is 4.74 Å². The van der Waals surface area contributed by atoms with Crippen LogP contribution in [-0.2, 0) is 4.74 Å². The third-order valence-electron chi connectivity index (χ3n) is 2.37. The van der Waals surface area contributed by atoms with E-state index in [9.17, 15) is 0 Å². The van der Waals surface area contributed by atoms with Crippen LogP contribution < -0.4 is 0 Å². The normalized spacial score (nSPS) is 32.0. The van der Waals surface area contributed by atoms with Crippen LogP contribution in [0.5, 0.6) is 0 Å². The van der Waals surface area contributed by atoms with Crippen molar-refractivity contribution in [1.82, 2.24) is 0 Å². The van der Waals surface area contributed by atoms with Crippen LogP contribution >= 0.6 is 11.8 Å². The van der Waals surface area contributed by atoms with E-state index in [1.54, 1.807) is 0 Å². The highest BCUT2D eigenvalue weighted by molar-refractivity contribution is 7.99. The Morgan fingerprint density at radius 2 is 1.78 bits per heavy atom. The Morgan fingerprint density at radius 1 is 1.11 bits per heavy atom. The summed E-state index contributed by atoms with van der Waals surface area (Å²) in [7, 11) is 0. The zero-order chi connectivity index (χ0) is 6.16. The molecule has 0 N–H and O–H groups in total. The molecule has 0 unspecified atom stereocenters. The average Bonchev–Trinajstić information content (AvgIpc) is 1.87. The molecule has 0 amide bonds. The molecule has 52 valence electrons. The largest absolute Gasteiger partial charge is 0.375 e. The fraction of sp³-hybridized carbons (Fsp3) is 1.00. The van der Waals surface area contributed by atoms with Gasteiger partial charge in [-0.3, -0.25) is 0 Å². The van der Waals surface area contributed by atoms with Gasteiger partial charge in [0.1, 0.15) is 0 Å². The van der Waals surface area contributed by atoms with Crippen LogP contribution in [0.3, 0.4) is 0 Å². The Kier molecular flexibility index (Phi) is 1.46. The lowest BCUT2D eigenvalue weighted by molar-refractivity contribution is -0.150. The number of ether oxygens (including phenoxy) is 1. The molecular weight excluding hydrogens is 132 g/mol. The van der Waals surface area contributed by atoms with E-state index in [0.717, 1.165) is 6.61 Å². The highest BCUT2D eigenvalue weighted by Gasteiger charge is 2.39. The fourth-order valence-corrected chi connectivity index (χ4v) is 2.77. The highest BCUT2D eigenvalue weighted by Crippen LogP contribution is 2.38. The van der Waals surface area contributed by atoms with E-state index in [0.29, 0.717) is 5.60 Å². The first-order valence-electron chi connectivity index (χ1n) is 3.63. The van der Waals surface area contributed by atoms with Crippen molar-refractivity contribution in [2.24, 2.45) is 0 Å². The number of hydrogen-bond donors (Lipinski definition) is 0. The lowest BCUT2D eigenvalue weighted by atomic mass is 9.89. The summed E-state index contributed by atoms with van der Waals surface area (Å²) in [4.78, 5) is 0. The van der Waals surface area contributed by atoms with Crippen molar-refractivity contribution in [2.45, 2.75) is 24.9 Å². The van der Waals surface area contributed by atoms with Crippen molar-refractivity contribution in [3.63, 3.8) is 0 Å². The predicted molar refractivity (Wildman–Crippen MR) is 39.9 cm³/mol. The van der Waals surface area contributed by atoms with Crippen molar-refractivity contribution in [3.05, 3.63) is 0 Å². The Balaban J connectivity index is 1.93. The van der Waals surface area contributed by atoms with E-state index in [1.807, 2.05) is 0 Å². The van der Waals surface area contributed by atoms with Crippen LogP contribution in [0.4, 0.5) is 0 Å². The van der Waals surface area contributed by atoms with Gasteiger partial charge in [-0.05, 0) is 30.8 Å². The average molecular weight is 144 g/mol. The molecule has 0 atom stereocenters. The third kappa shape index (κ3) is 0.987. The minimum atomic E-state index is 0.380. The van der Waals surface area contributed by atoms with Gasteiger partial charge in [0.15, 0.2) is 0 Å². The summed E-state index contributed by atoms with van der Waals surface area (Å²) in [5.74, 6) is 2.64. The van der Waals surface area contributed by atoms with Crippen molar-refractivity contribution in [2.75, 3.05) is 18.1 Å². The zero-order valence-corrected chi connectivity index (χ0v) is 6.38. The van der Waals surface area contributed by atoms with Gasteiger partial charge in [0, 0.05) is 0 Å². The molecule has 2 rings (SSSR count). The minimum absolute atomic E-state index is 0.380. The summed E-state index contributed by atoms with van der Waals surface area (Å²) in [5, 5.41) is 0. The van der Waals surface area contributed by atoms with Gasteiger partial charge < -0.3 is 4.74 Å². The first-order chi connectivity index (χ1) is 4.41. The molecule has 1 nitrogen and oxygen atoms in total. The molecule has 0 aromatic rings. The SMILES string of the molecule is C1CC2(CCSCC2)O1. The maximum Gasteiger partial charge on any atom is 0.0720 e. The smallest absolute Gasteiger partial charge is 0.0720 e. The summed E-state index contributed by atoms with van der Waals surface area (Å²) in [6, 6.07) is 0. The molecule has 0 aromatic heterocycles. The summed E-state index contributed by atoms with van der Waals surface area (Å²) >= 11 is 2.07. The molecule has 2 aliphatic rings. The van der Waals surface area contributed by atoms with Crippen LogP contribution in [-0.4, -0.2) is 23.7 Å². The van der Waals surface area contributed by atoms with Gasteiger partial charge in [0.25, 0.3) is 0 Å². The second kappa shape index (κ2) is 2.17. The van der Waals surface area contributed by atoms with E-state index < -0.39 is 0 Å². The van der Waals surface area contributed by atoms with Crippen molar-refractivity contribution in [1.29, 1.82) is 0 Å². The summed E-state index contributed by atoms with van der Waals surface area (Å²) < 4.78 is 5.55. The lowest BCUT2D eigenvalue weighted by Crippen LogP contribution is -2.46. The predicted octanol–water partition coefficient (Wildman–Crippen LogP) is 1.67. The monoisotopic (exact) mass is 144 g/mol. The van der Waals surface area contributed by atoms with Gasteiger partial charge in [-0.25, -0.2) is 0 Å². The van der Waals surface area contributed by atoms with Crippen molar-refractivity contribution >= 4 is 11.8 Å². The Hall–Kier alpha value is 0.310.